The summed E-state index contributed by atoms with van der Waals surface area (Å²) in [6.45, 7) is 2.96. The molecular formula is C14H17NO2. The number of carbonyl (C=O) groups is 1. The second kappa shape index (κ2) is 5.04. The van der Waals surface area contributed by atoms with Gasteiger partial charge in [0.15, 0.2) is 0 Å². The molecule has 0 aromatic heterocycles. The van der Waals surface area contributed by atoms with Crippen LogP contribution in [-0.4, -0.2) is 30.6 Å². The number of rotatable bonds is 2. The molecule has 2 aliphatic rings. The first-order valence-corrected chi connectivity index (χ1v) is 5.80. The van der Waals surface area contributed by atoms with E-state index in [0.717, 1.165) is 18.7 Å². The van der Waals surface area contributed by atoms with Gasteiger partial charge in [0.25, 0.3) is 0 Å². The van der Waals surface area contributed by atoms with Gasteiger partial charge < -0.3 is 9.64 Å². The van der Waals surface area contributed by atoms with Crippen molar-refractivity contribution in [2.75, 3.05) is 13.7 Å². The largest absolute Gasteiger partial charge is 0.467 e. The van der Waals surface area contributed by atoms with E-state index in [9.17, 15) is 4.79 Å². The fourth-order valence-electron chi connectivity index (χ4n) is 1.96. The van der Waals surface area contributed by atoms with Crippen molar-refractivity contribution in [3.05, 3.63) is 47.7 Å². The second-order valence-corrected chi connectivity index (χ2v) is 4.24. The Morgan fingerprint density at radius 1 is 1.35 bits per heavy atom. The van der Waals surface area contributed by atoms with Gasteiger partial charge in [-0.15, -0.1) is 0 Å². The van der Waals surface area contributed by atoms with E-state index in [4.69, 9.17) is 4.74 Å². The molecule has 0 N–H and O–H groups in total. The molecule has 0 spiro atoms. The summed E-state index contributed by atoms with van der Waals surface area (Å²) >= 11 is 0. The summed E-state index contributed by atoms with van der Waals surface area (Å²) in [4.78, 5) is 13.6. The fourth-order valence-corrected chi connectivity index (χ4v) is 1.96. The predicted octanol–water partition coefficient (Wildman–Crippen LogP) is 2.19. The normalized spacial score (nSPS) is 33.1. The number of hydrogen-bond donors (Lipinski definition) is 0. The molecule has 1 saturated heterocycles. The van der Waals surface area contributed by atoms with Crippen LogP contribution < -0.4 is 0 Å². The molecule has 3 nitrogen and oxygen atoms in total. The highest BCUT2D eigenvalue weighted by atomic mass is 16.5. The topological polar surface area (TPSA) is 29.5 Å². The molecule has 1 atom stereocenters. The Morgan fingerprint density at radius 2 is 2.12 bits per heavy atom. The Kier molecular flexibility index (Phi) is 3.47. The van der Waals surface area contributed by atoms with Crippen LogP contribution >= 0.6 is 0 Å². The van der Waals surface area contributed by atoms with E-state index in [2.05, 4.69) is 24.0 Å². The quantitative estimate of drug-likeness (QED) is 0.682. The molecular weight excluding hydrogens is 214 g/mol. The number of carbonyl (C=O) groups excluding carboxylic acids is 1. The van der Waals surface area contributed by atoms with Gasteiger partial charge >= 0.3 is 5.97 Å². The van der Waals surface area contributed by atoms with Crippen molar-refractivity contribution < 1.29 is 9.53 Å². The van der Waals surface area contributed by atoms with Crippen LogP contribution in [0.5, 0.6) is 0 Å². The Labute approximate surface area is 102 Å². The van der Waals surface area contributed by atoms with Crippen LogP contribution in [0.15, 0.2) is 47.7 Å². The van der Waals surface area contributed by atoms with E-state index in [1.54, 1.807) is 0 Å². The Balaban J connectivity index is 2.15. The number of esters is 1. The minimum Gasteiger partial charge on any atom is -0.467 e. The van der Waals surface area contributed by atoms with Gasteiger partial charge in [0.1, 0.15) is 6.04 Å². The van der Waals surface area contributed by atoms with E-state index in [0.29, 0.717) is 0 Å². The summed E-state index contributed by atoms with van der Waals surface area (Å²) in [6.07, 6.45) is 13.1. The zero-order valence-electron chi connectivity index (χ0n) is 10.2. The lowest BCUT2D eigenvalue weighted by atomic mass is 10.0. The molecule has 1 unspecified atom stereocenters. The maximum atomic E-state index is 11.5. The standard InChI is InChI=1S/C14H17NO2/c1-11-5-3-4-6-12(8-7-11)15-10-9-13(15)14(16)17-2/h3-8,13H,9-10H2,1-2H3/b4-3?,5-3-,6-4-,8-7?,11-5?,11-7-,12-6?,12-8+. The van der Waals surface area contributed by atoms with Gasteiger partial charge in [0.2, 0.25) is 0 Å². The van der Waals surface area contributed by atoms with Crippen LogP contribution in [0.25, 0.3) is 0 Å². The van der Waals surface area contributed by atoms with Gasteiger partial charge in [0.05, 0.1) is 7.11 Å². The molecule has 1 heterocycles. The highest BCUT2D eigenvalue weighted by molar-refractivity contribution is 5.77. The zero-order valence-corrected chi connectivity index (χ0v) is 10.2. The molecule has 0 amide bonds. The van der Waals surface area contributed by atoms with Gasteiger partial charge in [0, 0.05) is 12.2 Å². The molecule has 1 aliphatic carbocycles. The molecule has 3 heteroatoms. The smallest absolute Gasteiger partial charge is 0.328 e. The van der Waals surface area contributed by atoms with E-state index in [1.807, 2.05) is 24.3 Å². The number of methoxy groups -OCH3 is 1. The highest BCUT2D eigenvalue weighted by Crippen LogP contribution is 2.25. The third-order valence-corrected chi connectivity index (χ3v) is 3.08. The first kappa shape index (κ1) is 11.7. The van der Waals surface area contributed by atoms with Crippen LogP contribution in [0.4, 0.5) is 0 Å². The van der Waals surface area contributed by atoms with E-state index >= 15 is 0 Å². The second-order valence-electron chi connectivity index (χ2n) is 4.24. The van der Waals surface area contributed by atoms with Crippen molar-refractivity contribution in [3.63, 3.8) is 0 Å². The minimum absolute atomic E-state index is 0.118. The van der Waals surface area contributed by atoms with E-state index < -0.39 is 0 Å². The first-order valence-electron chi connectivity index (χ1n) is 5.80. The van der Waals surface area contributed by atoms with Gasteiger partial charge in [-0.05, 0) is 25.5 Å². The molecule has 2 rings (SSSR count). The average molecular weight is 231 g/mol. The molecule has 90 valence electrons. The lowest BCUT2D eigenvalue weighted by Crippen LogP contribution is -2.51. The van der Waals surface area contributed by atoms with Crippen LogP contribution in [-0.2, 0) is 9.53 Å². The van der Waals surface area contributed by atoms with Crippen LogP contribution in [0.1, 0.15) is 13.3 Å². The number of hydrogen-bond acceptors (Lipinski definition) is 3. The molecule has 0 aromatic carbocycles. The Morgan fingerprint density at radius 3 is 2.76 bits per heavy atom. The molecule has 0 radical (unpaired) electrons. The van der Waals surface area contributed by atoms with Crippen molar-refractivity contribution in [1.29, 1.82) is 0 Å². The van der Waals surface area contributed by atoms with Crippen LogP contribution in [0.3, 0.4) is 0 Å². The molecule has 0 saturated carbocycles. The van der Waals surface area contributed by atoms with Crippen molar-refractivity contribution >= 4 is 5.97 Å². The summed E-state index contributed by atoms with van der Waals surface area (Å²) in [6, 6.07) is -0.118. The maximum absolute atomic E-state index is 11.5. The summed E-state index contributed by atoms with van der Waals surface area (Å²) < 4.78 is 4.79. The zero-order chi connectivity index (χ0) is 12.3. The Bertz CT molecular complexity index is 430. The summed E-state index contributed by atoms with van der Waals surface area (Å²) in [5.74, 6) is -0.149. The van der Waals surface area contributed by atoms with Crippen LogP contribution in [0, 0.1) is 0 Å². The molecule has 0 aromatic rings. The minimum atomic E-state index is -0.149. The number of ether oxygens (including phenoxy) is 1. The molecule has 17 heavy (non-hydrogen) atoms. The lowest BCUT2D eigenvalue weighted by Gasteiger charge is -2.41. The summed E-state index contributed by atoms with van der Waals surface area (Å²) in [7, 11) is 1.44. The monoisotopic (exact) mass is 231 g/mol. The van der Waals surface area contributed by atoms with Gasteiger partial charge in [-0.1, -0.05) is 29.9 Å². The number of likely N-dealkylation sites (tertiary alicyclic amines) is 1. The predicted molar refractivity (Wildman–Crippen MR) is 67.2 cm³/mol. The van der Waals surface area contributed by atoms with Crippen molar-refractivity contribution in [2.45, 2.75) is 19.4 Å². The molecule has 1 aliphatic heterocycles. The van der Waals surface area contributed by atoms with Gasteiger partial charge in [-0.25, -0.2) is 4.79 Å². The van der Waals surface area contributed by atoms with Gasteiger partial charge in [-0.2, -0.15) is 0 Å². The number of allylic oxidation sites excluding steroid dienone is 7. The molecule has 0 bridgehead atoms. The Hall–Kier alpha value is -1.77. The average Bonchev–Trinajstić information content (AvgIpc) is 2.26. The van der Waals surface area contributed by atoms with Crippen molar-refractivity contribution in [3.8, 4) is 0 Å². The van der Waals surface area contributed by atoms with Crippen molar-refractivity contribution in [2.24, 2.45) is 0 Å². The van der Waals surface area contributed by atoms with E-state index in [-0.39, 0.29) is 12.0 Å². The highest BCUT2D eigenvalue weighted by Gasteiger charge is 2.35. The van der Waals surface area contributed by atoms with Gasteiger partial charge in [-0.3, -0.25) is 0 Å². The lowest BCUT2D eigenvalue weighted by molar-refractivity contribution is -0.150. The molecule has 1 fully saturated rings. The van der Waals surface area contributed by atoms with E-state index in [1.165, 1.54) is 12.7 Å². The fraction of sp³-hybridized carbons (Fsp3) is 0.357. The summed E-state index contributed by atoms with van der Waals surface area (Å²) in [5.41, 5.74) is 2.26. The summed E-state index contributed by atoms with van der Waals surface area (Å²) in [5, 5.41) is 0. The van der Waals surface area contributed by atoms with Crippen molar-refractivity contribution in [1.82, 2.24) is 4.90 Å². The maximum Gasteiger partial charge on any atom is 0.328 e. The third-order valence-electron chi connectivity index (χ3n) is 3.08. The first-order chi connectivity index (χ1) is 8.22. The SMILES string of the molecule is COC(=O)C1CCN1C1=C/C=C(C)\C=C/C=C\1. The third kappa shape index (κ3) is 2.49. The van der Waals surface area contributed by atoms with Crippen LogP contribution in [0.2, 0.25) is 0 Å². The number of nitrogens with zero attached hydrogens (tertiary/aromatic N) is 1.